The van der Waals surface area contributed by atoms with Crippen LogP contribution in [0, 0.1) is 0 Å². The van der Waals surface area contributed by atoms with E-state index < -0.39 is 0 Å². The van der Waals surface area contributed by atoms with Crippen LogP contribution in [0.1, 0.15) is 27.7 Å². The van der Waals surface area contributed by atoms with Gasteiger partial charge in [-0.05, 0) is 48.6 Å². The molecule has 0 atom stereocenters. The van der Waals surface area contributed by atoms with Gasteiger partial charge >= 0.3 is 0 Å². The Morgan fingerprint density at radius 3 is 3.05 bits per heavy atom. The second-order valence-corrected chi connectivity index (χ2v) is 6.03. The molecule has 0 bridgehead atoms. The molecule has 0 radical (unpaired) electrons. The van der Waals surface area contributed by atoms with Gasteiger partial charge in [-0.25, -0.2) is 0 Å². The summed E-state index contributed by atoms with van der Waals surface area (Å²) in [6.07, 6.45) is 0.936. The number of nitrogens with zero attached hydrogens (tertiary/aromatic N) is 1. The zero-order chi connectivity index (χ0) is 14.8. The molecule has 1 amide bonds. The van der Waals surface area contributed by atoms with Crippen molar-refractivity contribution in [3.05, 3.63) is 45.6 Å². The fourth-order valence-corrected chi connectivity index (χ4v) is 3.46. The quantitative estimate of drug-likeness (QED) is 0.887. The van der Waals surface area contributed by atoms with Crippen LogP contribution in [0.3, 0.4) is 0 Å². The van der Waals surface area contributed by atoms with Crippen molar-refractivity contribution in [1.82, 2.24) is 4.90 Å². The van der Waals surface area contributed by atoms with Crippen LogP contribution in [0.4, 0.5) is 5.69 Å². The predicted molar refractivity (Wildman–Crippen MR) is 84.8 cm³/mol. The van der Waals surface area contributed by atoms with Crippen LogP contribution in [0.15, 0.2) is 29.6 Å². The van der Waals surface area contributed by atoms with E-state index in [1.165, 1.54) is 10.4 Å². The maximum atomic E-state index is 12.6. The number of nitrogen functional groups attached to an aromatic ring is 1. The van der Waals surface area contributed by atoms with Crippen molar-refractivity contribution in [3.63, 3.8) is 0 Å². The fourth-order valence-electron chi connectivity index (χ4n) is 2.57. The molecule has 4 nitrogen and oxygen atoms in total. The van der Waals surface area contributed by atoms with E-state index in [0.29, 0.717) is 30.2 Å². The topological polar surface area (TPSA) is 55.6 Å². The van der Waals surface area contributed by atoms with Crippen molar-refractivity contribution in [3.8, 4) is 5.75 Å². The Morgan fingerprint density at radius 1 is 1.43 bits per heavy atom. The highest BCUT2D eigenvalue weighted by Gasteiger charge is 2.22. The van der Waals surface area contributed by atoms with Crippen LogP contribution in [0.2, 0.25) is 0 Å². The summed E-state index contributed by atoms with van der Waals surface area (Å²) in [6.45, 7) is 3.92. The summed E-state index contributed by atoms with van der Waals surface area (Å²) >= 11 is 1.77. The smallest absolute Gasteiger partial charge is 0.254 e. The lowest BCUT2D eigenvalue weighted by atomic mass is 10.1. The van der Waals surface area contributed by atoms with Gasteiger partial charge in [0.2, 0.25) is 0 Å². The molecule has 0 spiro atoms. The molecule has 3 rings (SSSR count). The fraction of sp³-hybridized carbons (Fsp3) is 0.312. The summed E-state index contributed by atoms with van der Waals surface area (Å²) in [4.78, 5) is 15.9. The molecular formula is C16H18N2O2S. The first-order chi connectivity index (χ1) is 10.2. The van der Waals surface area contributed by atoms with E-state index in [-0.39, 0.29) is 5.91 Å². The molecule has 0 saturated carbocycles. The van der Waals surface area contributed by atoms with E-state index in [4.69, 9.17) is 10.5 Å². The average Bonchev–Trinajstić information content (AvgIpc) is 2.96. The number of carbonyl (C=O) groups excluding carboxylic acids is 1. The van der Waals surface area contributed by atoms with E-state index in [9.17, 15) is 4.79 Å². The van der Waals surface area contributed by atoms with E-state index in [1.54, 1.807) is 29.5 Å². The number of fused-ring (bicyclic) bond motifs is 1. The molecule has 0 saturated heterocycles. The summed E-state index contributed by atoms with van der Waals surface area (Å²) in [5.41, 5.74) is 8.33. The summed E-state index contributed by atoms with van der Waals surface area (Å²) in [5.74, 6) is 0.661. The van der Waals surface area contributed by atoms with Gasteiger partial charge in [-0.2, -0.15) is 0 Å². The third-order valence-electron chi connectivity index (χ3n) is 3.65. The monoisotopic (exact) mass is 302 g/mol. The standard InChI is InChI=1S/C16H18N2O2S/c1-2-20-14-4-3-11(9-13(14)17)16(19)18-7-5-15-12(10-18)6-8-21-15/h3-4,6,8-9H,2,5,7,10,17H2,1H3. The van der Waals surface area contributed by atoms with Crippen molar-refractivity contribution in [2.24, 2.45) is 0 Å². The lowest BCUT2D eigenvalue weighted by molar-refractivity contribution is 0.0736. The first-order valence-corrected chi connectivity index (χ1v) is 7.94. The molecule has 21 heavy (non-hydrogen) atoms. The van der Waals surface area contributed by atoms with Crippen molar-refractivity contribution in [2.45, 2.75) is 19.9 Å². The van der Waals surface area contributed by atoms with Crippen molar-refractivity contribution in [2.75, 3.05) is 18.9 Å². The predicted octanol–water partition coefficient (Wildman–Crippen LogP) is 2.93. The number of benzene rings is 1. The Bertz CT molecular complexity index is 666. The number of carbonyl (C=O) groups is 1. The van der Waals surface area contributed by atoms with Gasteiger partial charge in [-0.3, -0.25) is 4.79 Å². The summed E-state index contributed by atoms with van der Waals surface area (Å²) < 4.78 is 5.40. The highest BCUT2D eigenvalue weighted by molar-refractivity contribution is 7.10. The number of hydrogen-bond donors (Lipinski definition) is 1. The Morgan fingerprint density at radius 2 is 2.29 bits per heavy atom. The third kappa shape index (κ3) is 2.74. The molecular weight excluding hydrogens is 284 g/mol. The number of anilines is 1. The Hall–Kier alpha value is -2.01. The molecule has 2 N–H and O–H groups in total. The molecule has 1 aromatic heterocycles. The van der Waals surface area contributed by atoms with Crippen LogP contribution in [-0.2, 0) is 13.0 Å². The lowest BCUT2D eigenvalue weighted by Crippen LogP contribution is -2.35. The zero-order valence-corrected chi connectivity index (χ0v) is 12.8. The zero-order valence-electron chi connectivity index (χ0n) is 12.0. The Labute approximate surface area is 128 Å². The van der Waals surface area contributed by atoms with Crippen LogP contribution in [-0.4, -0.2) is 24.0 Å². The van der Waals surface area contributed by atoms with E-state index >= 15 is 0 Å². The molecule has 2 heterocycles. The van der Waals surface area contributed by atoms with E-state index in [1.807, 2.05) is 11.8 Å². The normalized spacial score (nSPS) is 13.9. The molecule has 1 aromatic carbocycles. The maximum Gasteiger partial charge on any atom is 0.254 e. The van der Waals surface area contributed by atoms with Gasteiger partial charge < -0.3 is 15.4 Å². The first-order valence-electron chi connectivity index (χ1n) is 7.06. The minimum absolute atomic E-state index is 0.0293. The van der Waals surface area contributed by atoms with Crippen molar-refractivity contribution >= 4 is 22.9 Å². The minimum Gasteiger partial charge on any atom is -0.492 e. The van der Waals surface area contributed by atoms with Gasteiger partial charge in [0, 0.05) is 23.5 Å². The van der Waals surface area contributed by atoms with Gasteiger partial charge in [-0.15, -0.1) is 11.3 Å². The van der Waals surface area contributed by atoms with E-state index in [0.717, 1.165) is 13.0 Å². The third-order valence-corrected chi connectivity index (χ3v) is 4.67. The van der Waals surface area contributed by atoms with Crippen LogP contribution >= 0.6 is 11.3 Å². The SMILES string of the molecule is CCOc1ccc(C(=O)N2CCc3sccc3C2)cc1N. The van der Waals surface area contributed by atoms with E-state index in [2.05, 4.69) is 11.4 Å². The minimum atomic E-state index is 0.0293. The van der Waals surface area contributed by atoms with Crippen molar-refractivity contribution < 1.29 is 9.53 Å². The maximum absolute atomic E-state index is 12.6. The van der Waals surface area contributed by atoms with Gasteiger partial charge in [0.1, 0.15) is 5.75 Å². The summed E-state index contributed by atoms with van der Waals surface area (Å²) in [5, 5.41) is 2.09. The van der Waals surface area contributed by atoms with Crippen molar-refractivity contribution in [1.29, 1.82) is 0 Å². The van der Waals surface area contributed by atoms with Crippen LogP contribution in [0.5, 0.6) is 5.75 Å². The first kappa shape index (κ1) is 13.9. The van der Waals surface area contributed by atoms with Gasteiger partial charge in [-0.1, -0.05) is 0 Å². The Balaban J connectivity index is 1.78. The van der Waals surface area contributed by atoms with Gasteiger partial charge in [0.25, 0.3) is 5.91 Å². The second-order valence-electron chi connectivity index (χ2n) is 5.03. The van der Waals surface area contributed by atoms with Gasteiger partial charge in [0.15, 0.2) is 0 Å². The average molecular weight is 302 g/mol. The number of rotatable bonds is 3. The summed E-state index contributed by atoms with van der Waals surface area (Å²) in [6, 6.07) is 7.36. The molecule has 2 aromatic rings. The molecule has 5 heteroatoms. The molecule has 0 fully saturated rings. The molecule has 0 unspecified atom stereocenters. The second kappa shape index (κ2) is 5.77. The number of nitrogens with two attached hydrogens (primary N) is 1. The number of thiophene rings is 1. The molecule has 110 valence electrons. The Kier molecular flexibility index (Phi) is 3.84. The molecule has 1 aliphatic heterocycles. The number of amides is 1. The lowest BCUT2D eigenvalue weighted by Gasteiger charge is -2.27. The highest BCUT2D eigenvalue weighted by atomic mass is 32.1. The highest BCUT2D eigenvalue weighted by Crippen LogP contribution is 2.27. The number of ether oxygens (including phenoxy) is 1. The largest absolute Gasteiger partial charge is 0.492 e. The summed E-state index contributed by atoms with van der Waals surface area (Å²) in [7, 11) is 0. The van der Waals surface area contributed by atoms with Crippen LogP contribution in [0.25, 0.3) is 0 Å². The molecule has 0 aliphatic carbocycles. The van der Waals surface area contributed by atoms with Gasteiger partial charge in [0.05, 0.1) is 12.3 Å². The number of hydrogen-bond acceptors (Lipinski definition) is 4. The molecule has 1 aliphatic rings. The van der Waals surface area contributed by atoms with Crippen LogP contribution < -0.4 is 10.5 Å².